The molecule has 0 radical (unpaired) electrons. The van der Waals surface area contributed by atoms with Crippen molar-refractivity contribution < 1.29 is 0 Å². The van der Waals surface area contributed by atoms with Crippen LogP contribution in [0.2, 0.25) is 0 Å². The molecule has 0 fully saturated rings. The number of nitriles is 1. The van der Waals surface area contributed by atoms with E-state index in [1.54, 1.807) is 11.3 Å². The molecule has 1 aromatic carbocycles. The largest absolute Gasteiger partial charge is 0.312 e. The summed E-state index contributed by atoms with van der Waals surface area (Å²) in [6, 6.07) is 12.3. The lowest BCUT2D eigenvalue weighted by Gasteiger charge is -2.07. The molecule has 18 heavy (non-hydrogen) atoms. The molecule has 0 saturated carbocycles. The molecule has 2 aromatic rings. The van der Waals surface area contributed by atoms with Gasteiger partial charge in [-0.05, 0) is 48.1 Å². The van der Waals surface area contributed by atoms with Gasteiger partial charge < -0.3 is 5.32 Å². The van der Waals surface area contributed by atoms with Crippen molar-refractivity contribution in [1.82, 2.24) is 5.32 Å². The zero-order valence-corrected chi connectivity index (χ0v) is 11.3. The number of hydrogen-bond acceptors (Lipinski definition) is 3. The van der Waals surface area contributed by atoms with Crippen molar-refractivity contribution in [2.24, 2.45) is 0 Å². The quantitative estimate of drug-likeness (QED) is 0.833. The summed E-state index contributed by atoms with van der Waals surface area (Å²) >= 11 is 1.80. The Morgan fingerprint density at radius 3 is 2.89 bits per heavy atom. The fourth-order valence-electron chi connectivity index (χ4n) is 1.85. The van der Waals surface area contributed by atoms with E-state index in [4.69, 9.17) is 5.26 Å². The maximum Gasteiger partial charge on any atom is 0.0991 e. The third-order valence-corrected chi connectivity index (χ3v) is 3.85. The van der Waals surface area contributed by atoms with Gasteiger partial charge in [0.2, 0.25) is 0 Å². The van der Waals surface area contributed by atoms with E-state index in [1.807, 2.05) is 18.2 Å². The first-order valence-electron chi connectivity index (χ1n) is 6.02. The van der Waals surface area contributed by atoms with Gasteiger partial charge in [-0.3, -0.25) is 0 Å². The van der Waals surface area contributed by atoms with E-state index in [1.165, 1.54) is 16.0 Å². The van der Waals surface area contributed by atoms with Crippen LogP contribution in [0, 0.1) is 18.3 Å². The Hall–Kier alpha value is -1.63. The molecule has 1 heterocycles. The molecule has 2 nitrogen and oxygen atoms in total. The zero-order valence-electron chi connectivity index (χ0n) is 10.4. The summed E-state index contributed by atoms with van der Waals surface area (Å²) in [6.07, 6.45) is 1.08. The number of hydrogen-bond donors (Lipinski definition) is 1. The predicted molar refractivity (Wildman–Crippen MR) is 75.6 cm³/mol. The van der Waals surface area contributed by atoms with Crippen LogP contribution >= 0.6 is 11.3 Å². The molecule has 0 unspecified atom stereocenters. The summed E-state index contributed by atoms with van der Waals surface area (Å²) in [5.74, 6) is 0. The van der Waals surface area contributed by atoms with Crippen LogP contribution in [-0.2, 0) is 13.0 Å². The van der Waals surface area contributed by atoms with E-state index in [0.29, 0.717) is 0 Å². The number of nitrogens with zero attached hydrogens (tertiary/aromatic N) is 1. The minimum atomic E-state index is 0.731. The van der Waals surface area contributed by atoms with Crippen molar-refractivity contribution in [2.75, 3.05) is 6.54 Å². The highest BCUT2D eigenvalue weighted by atomic mass is 32.1. The number of aryl methyl sites for hydroxylation is 1. The third kappa shape index (κ3) is 3.43. The lowest BCUT2D eigenvalue weighted by molar-refractivity contribution is 0.688. The Bertz CT molecular complexity index is 538. The Morgan fingerprint density at radius 2 is 2.22 bits per heavy atom. The number of rotatable bonds is 5. The number of nitrogens with one attached hydrogen (secondary N) is 1. The van der Waals surface area contributed by atoms with E-state index < -0.39 is 0 Å². The second-order valence-electron chi connectivity index (χ2n) is 4.26. The molecule has 0 aliphatic heterocycles. The fraction of sp³-hybridized carbons (Fsp3) is 0.267. The van der Waals surface area contributed by atoms with Crippen LogP contribution in [-0.4, -0.2) is 6.54 Å². The predicted octanol–water partition coefficient (Wildman–Crippen LogP) is 3.26. The van der Waals surface area contributed by atoms with Gasteiger partial charge in [-0.1, -0.05) is 12.1 Å². The minimum Gasteiger partial charge on any atom is -0.312 e. The topological polar surface area (TPSA) is 35.8 Å². The van der Waals surface area contributed by atoms with E-state index in [2.05, 4.69) is 35.8 Å². The number of benzene rings is 1. The Balaban J connectivity index is 1.82. The first-order chi connectivity index (χ1) is 8.79. The molecular weight excluding hydrogens is 240 g/mol. The zero-order chi connectivity index (χ0) is 12.8. The smallest absolute Gasteiger partial charge is 0.0991 e. The summed E-state index contributed by atoms with van der Waals surface area (Å²) in [5.41, 5.74) is 3.17. The Labute approximate surface area is 112 Å². The van der Waals surface area contributed by atoms with Crippen molar-refractivity contribution in [2.45, 2.75) is 19.9 Å². The molecular formula is C15H16N2S. The van der Waals surface area contributed by atoms with Crippen LogP contribution in [0.3, 0.4) is 0 Å². The maximum atomic E-state index is 8.81. The van der Waals surface area contributed by atoms with Crippen LogP contribution in [0.4, 0.5) is 0 Å². The van der Waals surface area contributed by atoms with Crippen molar-refractivity contribution in [1.29, 1.82) is 5.26 Å². The molecule has 0 atom stereocenters. The molecule has 0 bridgehead atoms. The van der Waals surface area contributed by atoms with Crippen LogP contribution in [0.1, 0.15) is 21.6 Å². The highest BCUT2D eigenvalue weighted by Gasteiger charge is 2.00. The summed E-state index contributed by atoms with van der Waals surface area (Å²) < 4.78 is 0. The van der Waals surface area contributed by atoms with E-state index in [0.717, 1.165) is 25.1 Å². The van der Waals surface area contributed by atoms with Gasteiger partial charge in [-0.2, -0.15) is 5.26 Å². The Kier molecular flexibility index (Phi) is 4.52. The van der Waals surface area contributed by atoms with Gasteiger partial charge in [-0.25, -0.2) is 0 Å². The van der Waals surface area contributed by atoms with E-state index in [9.17, 15) is 0 Å². The monoisotopic (exact) mass is 256 g/mol. The van der Waals surface area contributed by atoms with Crippen molar-refractivity contribution in [3.05, 3.63) is 57.3 Å². The fourth-order valence-corrected chi connectivity index (χ4v) is 2.56. The standard InChI is InChI=1S/C15H16N2S/c1-12-9-13(10-16)4-5-14(12)11-17-7-6-15-3-2-8-18-15/h2-5,8-9,17H,6-7,11H2,1H3. The van der Waals surface area contributed by atoms with Crippen molar-refractivity contribution >= 4 is 11.3 Å². The third-order valence-electron chi connectivity index (χ3n) is 2.92. The maximum absolute atomic E-state index is 8.81. The lowest BCUT2D eigenvalue weighted by atomic mass is 10.1. The number of thiophene rings is 1. The van der Waals surface area contributed by atoms with Gasteiger partial charge in [0, 0.05) is 18.0 Å². The molecule has 2 rings (SSSR count). The highest BCUT2D eigenvalue weighted by molar-refractivity contribution is 7.09. The summed E-state index contributed by atoms with van der Waals surface area (Å²) in [6.45, 7) is 3.90. The molecule has 1 N–H and O–H groups in total. The minimum absolute atomic E-state index is 0.731. The highest BCUT2D eigenvalue weighted by Crippen LogP contribution is 2.11. The van der Waals surface area contributed by atoms with Gasteiger partial charge in [0.25, 0.3) is 0 Å². The molecule has 0 spiro atoms. The van der Waals surface area contributed by atoms with Gasteiger partial charge in [0.15, 0.2) is 0 Å². The molecule has 0 amide bonds. The van der Waals surface area contributed by atoms with Crippen LogP contribution in [0.25, 0.3) is 0 Å². The molecule has 92 valence electrons. The van der Waals surface area contributed by atoms with E-state index >= 15 is 0 Å². The molecule has 0 saturated heterocycles. The average Bonchev–Trinajstić information content (AvgIpc) is 2.89. The van der Waals surface area contributed by atoms with Gasteiger partial charge in [0.05, 0.1) is 11.6 Å². The molecule has 3 heteroatoms. The van der Waals surface area contributed by atoms with E-state index in [-0.39, 0.29) is 0 Å². The van der Waals surface area contributed by atoms with Gasteiger partial charge in [0.1, 0.15) is 0 Å². The molecule has 0 aliphatic rings. The SMILES string of the molecule is Cc1cc(C#N)ccc1CNCCc1cccs1. The Morgan fingerprint density at radius 1 is 1.33 bits per heavy atom. The molecule has 0 aliphatic carbocycles. The second-order valence-corrected chi connectivity index (χ2v) is 5.29. The van der Waals surface area contributed by atoms with Crippen LogP contribution in [0.15, 0.2) is 35.7 Å². The second kappa shape index (κ2) is 6.34. The molecule has 1 aromatic heterocycles. The van der Waals surface area contributed by atoms with Crippen LogP contribution < -0.4 is 5.32 Å². The van der Waals surface area contributed by atoms with Crippen LogP contribution in [0.5, 0.6) is 0 Å². The van der Waals surface area contributed by atoms with Gasteiger partial charge >= 0.3 is 0 Å². The summed E-state index contributed by atoms with van der Waals surface area (Å²) in [4.78, 5) is 1.42. The summed E-state index contributed by atoms with van der Waals surface area (Å²) in [7, 11) is 0. The first-order valence-corrected chi connectivity index (χ1v) is 6.90. The lowest BCUT2D eigenvalue weighted by Crippen LogP contribution is -2.16. The first kappa shape index (κ1) is 12.8. The average molecular weight is 256 g/mol. The summed E-state index contributed by atoms with van der Waals surface area (Å²) in [5, 5.41) is 14.4. The van der Waals surface area contributed by atoms with Gasteiger partial charge in [-0.15, -0.1) is 11.3 Å². The van der Waals surface area contributed by atoms with Crippen molar-refractivity contribution in [3.63, 3.8) is 0 Å². The normalized spacial score (nSPS) is 10.2. The van der Waals surface area contributed by atoms with Crippen molar-refractivity contribution in [3.8, 4) is 6.07 Å².